The number of nitrogens with one attached hydrogen (secondary N) is 1. The van der Waals surface area contributed by atoms with Crippen molar-refractivity contribution < 1.29 is 9.90 Å². The van der Waals surface area contributed by atoms with E-state index in [2.05, 4.69) is 21.3 Å². The molecule has 1 aromatic heterocycles. The summed E-state index contributed by atoms with van der Waals surface area (Å²) in [6.07, 6.45) is 4.33. The molecule has 0 saturated carbocycles. The molecule has 134 valence electrons. The van der Waals surface area contributed by atoms with Gasteiger partial charge >= 0.3 is 6.03 Å². The monoisotopic (exact) mass is 351 g/mol. The van der Waals surface area contributed by atoms with Gasteiger partial charge in [-0.05, 0) is 43.2 Å². The van der Waals surface area contributed by atoms with E-state index < -0.39 is 0 Å². The number of urea groups is 1. The van der Waals surface area contributed by atoms with E-state index in [1.165, 1.54) is 0 Å². The van der Waals surface area contributed by atoms with Crippen LogP contribution in [0.1, 0.15) is 18.4 Å². The number of carbonyl (C=O) groups is 1. The maximum atomic E-state index is 12.9. The first-order valence-electron chi connectivity index (χ1n) is 8.55. The summed E-state index contributed by atoms with van der Waals surface area (Å²) in [4.78, 5) is 20.6. The van der Waals surface area contributed by atoms with Gasteiger partial charge in [-0.3, -0.25) is 14.8 Å². The number of likely N-dealkylation sites (tertiary alicyclic amines) is 1. The van der Waals surface area contributed by atoms with E-state index in [9.17, 15) is 9.90 Å². The summed E-state index contributed by atoms with van der Waals surface area (Å²) in [6, 6.07) is 12.3. The zero-order valence-corrected chi connectivity index (χ0v) is 14.4. The second-order valence-corrected chi connectivity index (χ2v) is 6.25. The highest BCUT2D eigenvalue weighted by Crippen LogP contribution is 2.20. The Balaban J connectivity index is 1.80. The van der Waals surface area contributed by atoms with Crippen molar-refractivity contribution in [2.24, 2.45) is 0 Å². The molecule has 7 heteroatoms. The number of nitrogens with zero attached hydrogens (tertiary/aromatic N) is 4. The summed E-state index contributed by atoms with van der Waals surface area (Å²) in [5.41, 5.74) is 1.75. The molecular weight excluding hydrogens is 330 g/mol. The number of aliphatic hydroxyl groups is 1. The fourth-order valence-electron chi connectivity index (χ4n) is 2.89. The lowest BCUT2D eigenvalue weighted by molar-refractivity contribution is 0.0835. The summed E-state index contributed by atoms with van der Waals surface area (Å²) in [6.45, 7) is 1.82. The normalized spacial score (nSPS) is 15.2. The van der Waals surface area contributed by atoms with Crippen LogP contribution in [0.4, 0.5) is 16.2 Å². The lowest BCUT2D eigenvalue weighted by Gasteiger charge is -2.34. The summed E-state index contributed by atoms with van der Waals surface area (Å²) in [5, 5.41) is 21.7. The number of pyridine rings is 1. The topological polar surface area (TPSA) is 92.5 Å². The molecule has 0 aliphatic carbocycles. The molecule has 7 nitrogen and oxygen atoms in total. The van der Waals surface area contributed by atoms with Gasteiger partial charge < -0.3 is 10.4 Å². The Hall–Kier alpha value is -2.95. The fraction of sp³-hybridized carbons (Fsp3) is 0.316. The number of anilines is 2. The van der Waals surface area contributed by atoms with Crippen LogP contribution in [0.15, 0.2) is 48.8 Å². The maximum Gasteiger partial charge on any atom is 0.327 e. The van der Waals surface area contributed by atoms with Crippen LogP contribution in [0, 0.1) is 11.3 Å². The van der Waals surface area contributed by atoms with Crippen LogP contribution in [-0.4, -0.2) is 46.9 Å². The van der Waals surface area contributed by atoms with Crippen LogP contribution in [0.3, 0.4) is 0 Å². The van der Waals surface area contributed by atoms with Crippen molar-refractivity contribution in [3.63, 3.8) is 0 Å². The first kappa shape index (κ1) is 17.9. The van der Waals surface area contributed by atoms with Crippen LogP contribution >= 0.6 is 0 Å². The Labute approximate surface area is 152 Å². The average Bonchev–Trinajstić information content (AvgIpc) is 2.68. The summed E-state index contributed by atoms with van der Waals surface area (Å²) < 4.78 is 0. The van der Waals surface area contributed by atoms with Gasteiger partial charge in [-0.25, -0.2) is 4.79 Å². The van der Waals surface area contributed by atoms with Crippen LogP contribution < -0.4 is 10.2 Å². The molecule has 0 bridgehead atoms. The quantitative estimate of drug-likeness (QED) is 0.882. The third kappa shape index (κ3) is 4.57. The minimum atomic E-state index is -0.292. The van der Waals surface area contributed by atoms with Crippen molar-refractivity contribution in [3.05, 3.63) is 54.4 Å². The second kappa shape index (κ2) is 8.43. The molecule has 2 N–H and O–H groups in total. The molecule has 26 heavy (non-hydrogen) atoms. The van der Waals surface area contributed by atoms with Gasteiger partial charge in [0.15, 0.2) is 0 Å². The minimum absolute atomic E-state index is 0.272. The third-order valence-corrected chi connectivity index (χ3v) is 4.34. The van der Waals surface area contributed by atoms with E-state index in [0.717, 1.165) is 13.1 Å². The van der Waals surface area contributed by atoms with Crippen molar-refractivity contribution >= 4 is 17.4 Å². The van der Waals surface area contributed by atoms with Gasteiger partial charge in [0.25, 0.3) is 0 Å². The molecule has 1 fully saturated rings. The fourth-order valence-corrected chi connectivity index (χ4v) is 2.89. The Morgan fingerprint density at radius 2 is 2.15 bits per heavy atom. The molecule has 1 saturated heterocycles. The highest BCUT2D eigenvalue weighted by Gasteiger charge is 2.23. The molecule has 3 rings (SSSR count). The zero-order valence-electron chi connectivity index (χ0n) is 14.4. The van der Waals surface area contributed by atoms with Crippen LogP contribution in [0.25, 0.3) is 0 Å². The maximum absolute atomic E-state index is 12.9. The number of hydrogen-bond donors (Lipinski definition) is 2. The molecule has 1 aromatic carbocycles. The summed E-state index contributed by atoms with van der Waals surface area (Å²) >= 11 is 0. The molecule has 2 aromatic rings. The number of hydrogen-bond acceptors (Lipinski definition) is 5. The Kier molecular flexibility index (Phi) is 5.79. The number of rotatable bonds is 4. The average molecular weight is 351 g/mol. The lowest BCUT2D eigenvalue weighted by Crippen LogP contribution is -2.47. The van der Waals surface area contributed by atoms with E-state index in [1.807, 2.05) is 6.07 Å². The van der Waals surface area contributed by atoms with Crippen molar-refractivity contribution in [1.29, 1.82) is 5.26 Å². The minimum Gasteiger partial charge on any atom is -0.393 e. The van der Waals surface area contributed by atoms with Crippen LogP contribution in [-0.2, 0) is 0 Å². The van der Waals surface area contributed by atoms with Crippen molar-refractivity contribution in [2.75, 3.05) is 30.0 Å². The SMILES string of the molecule is N#Cc1cccc(N(CN2CCC(O)CC2)C(=O)Nc2cccnc2)c1. The number of aliphatic hydroxyl groups excluding tert-OH is 1. The van der Waals surface area contributed by atoms with E-state index >= 15 is 0 Å². The van der Waals surface area contributed by atoms with Gasteiger partial charge in [-0.1, -0.05) is 6.07 Å². The number of benzene rings is 1. The number of nitriles is 1. The van der Waals surface area contributed by atoms with Crippen molar-refractivity contribution in [1.82, 2.24) is 9.88 Å². The summed E-state index contributed by atoms with van der Waals surface area (Å²) in [5.74, 6) is 0. The summed E-state index contributed by atoms with van der Waals surface area (Å²) in [7, 11) is 0. The van der Waals surface area contributed by atoms with Gasteiger partial charge in [0, 0.05) is 25.0 Å². The highest BCUT2D eigenvalue weighted by atomic mass is 16.3. The van der Waals surface area contributed by atoms with Crippen molar-refractivity contribution in [2.45, 2.75) is 18.9 Å². The molecule has 0 spiro atoms. The van der Waals surface area contributed by atoms with Gasteiger partial charge in [-0.15, -0.1) is 0 Å². The molecule has 0 atom stereocenters. The highest BCUT2D eigenvalue weighted by molar-refractivity contribution is 6.01. The number of piperidine rings is 1. The van der Waals surface area contributed by atoms with E-state index in [4.69, 9.17) is 5.26 Å². The first-order chi connectivity index (χ1) is 12.7. The Morgan fingerprint density at radius 3 is 2.85 bits per heavy atom. The molecule has 2 amide bonds. The largest absolute Gasteiger partial charge is 0.393 e. The standard InChI is InChI=1S/C19H21N5O2/c20-12-15-3-1-5-17(11-15)24(14-23-9-6-18(25)7-10-23)19(26)22-16-4-2-8-21-13-16/h1-5,8,11,13,18,25H,6-7,9-10,14H2,(H,22,26). The van der Waals surface area contributed by atoms with E-state index in [0.29, 0.717) is 36.4 Å². The lowest BCUT2D eigenvalue weighted by atomic mass is 10.1. The smallest absolute Gasteiger partial charge is 0.327 e. The number of aromatic nitrogens is 1. The predicted octanol–water partition coefficient (Wildman–Crippen LogP) is 2.41. The van der Waals surface area contributed by atoms with E-state index in [-0.39, 0.29) is 12.1 Å². The molecular formula is C19H21N5O2. The predicted molar refractivity (Wildman–Crippen MR) is 98.6 cm³/mol. The second-order valence-electron chi connectivity index (χ2n) is 6.25. The Morgan fingerprint density at radius 1 is 1.35 bits per heavy atom. The number of carbonyl (C=O) groups excluding carboxylic acids is 1. The van der Waals surface area contributed by atoms with Gasteiger partial charge in [0.2, 0.25) is 0 Å². The zero-order chi connectivity index (χ0) is 18.4. The Bertz CT molecular complexity index is 782. The molecule has 2 heterocycles. The molecule has 1 aliphatic rings. The van der Waals surface area contributed by atoms with Gasteiger partial charge in [0.05, 0.1) is 36.3 Å². The van der Waals surface area contributed by atoms with Gasteiger partial charge in [0.1, 0.15) is 0 Å². The van der Waals surface area contributed by atoms with Crippen LogP contribution in [0.5, 0.6) is 0 Å². The first-order valence-corrected chi connectivity index (χ1v) is 8.55. The number of amides is 2. The molecule has 0 unspecified atom stereocenters. The van der Waals surface area contributed by atoms with Gasteiger partial charge in [-0.2, -0.15) is 5.26 Å². The van der Waals surface area contributed by atoms with E-state index in [1.54, 1.807) is 47.6 Å². The molecule has 0 radical (unpaired) electrons. The van der Waals surface area contributed by atoms with Crippen LogP contribution in [0.2, 0.25) is 0 Å². The molecule has 1 aliphatic heterocycles. The van der Waals surface area contributed by atoms with Crippen molar-refractivity contribution in [3.8, 4) is 6.07 Å². The third-order valence-electron chi connectivity index (χ3n) is 4.34.